The maximum absolute atomic E-state index is 14.0. The van der Waals surface area contributed by atoms with Crippen molar-refractivity contribution in [1.82, 2.24) is 20.6 Å². The molecule has 1 aliphatic carbocycles. The Morgan fingerprint density at radius 2 is 1.67 bits per heavy atom. The lowest BCUT2D eigenvalue weighted by molar-refractivity contribution is -0.121. The molecule has 57 heavy (non-hydrogen) atoms. The highest BCUT2D eigenvalue weighted by Crippen LogP contribution is 2.53. The van der Waals surface area contributed by atoms with Gasteiger partial charge in [0.1, 0.15) is 27.7 Å². The molecule has 3 aromatic rings. The fraction of sp³-hybridized carbons (Fsp3) is 0.581. The van der Waals surface area contributed by atoms with Gasteiger partial charge >= 0.3 is 6.09 Å². The Bertz CT molecular complexity index is 1900. The van der Waals surface area contributed by atoms with Crippen molar-refractivity contribution in [2.75, 3.05) is 24.2 Å². The van der Waals surface area contributed by atoms with Crippen molar-refractivity contribution < 1.29 is 28.5 Å². The van der Waals surface area contributed by atoms with Crippen molar-refractivity contribution in [2.45, 2.75) is 142 Å². The number of aromatic nitrogens is 2. The Morgan fingerprint density at radius 1 is 1.04 bits per heavy atom. The molecule has 0 bridgehead atoms. The molecule has 2 fully saturated rings. The van der Waals surface area contributed by atoms with Crippen molar-refractivity contribution in [3.05, 3.63) is 63.2 Å². The number of benzene rings is 1. The first kappa shape index (κ1) is 46.0. The van der Waals surface area contributed by atoms with Crippen LogP contribution in [0.5, 0.6) is 11.5 Å². The van der Waals surface area contributed by atoms with Crippen molar-refractivity contribution in [3.8, 4) is 22.6 Å². The summed E-state index contributed by atoms with van der Waals surface area (Å²) in [5, 5.41) is 6.01. The second-order valence-electron chi connectivity index (χ2n) is 15.7. The molecular weight excluding hydrogens is 758 g/mol. The van der Waals surface area contributed by atoms with Crippen molar-refractivity contribution in [3.63, 3.8) is 0 Å². The number of anilines is 1. The minimum atomic E-state index is -0.996. The first-order valence-electron chi connectivity index (χ1n) is 20.1. The summed E-state index contributed by atoms with van der Waals surface area (Å²) >= 11 is 3.88. The number of aromatic amines is 1. The molecule has 0 spiro atoms. The van der Waals surface area contributed by atoms with E-state index in [-0.39, 0.29) is 42.2 Å². The molecule has 3 unspecified atom stereocenters. The highest BCUT2D eigenvalue weighted by atomic mass is 32.2. The average molecular weight is 820 g/mol. The molecule has 2 amide bonds. The van der Waals surface area contributed by atoms with E-state index < -0.39 is 17.5 Å². The van der Waals surface area contributed by atoms with Crippen LogP contribution >= 0.6 is 11.8 Å². The predicted molar refractivity (Wildman–Crippen MR) is 229 cm³/mol. The summed E-state index contributed by atoms with van der Waals surface area (Å²) in [5.41, 5.74) is 3.03. The van der Waals surface area contributed by atoms with E-state index in [2.05, 4.69) is 50.7 Å². The number of amides is 2. The van der Waals surface area contributed by atoms with Gasteiger partial charge in [-0.1, -0.05) is 13.8 Å². The number of alkyl carbamates (subject to hydrolysis) is 1. The minimum Gasteiger partial charge on any atom is -0.448 e. The van der Waals surface area contributed by atoms with E-state index in [0.29, 0.717) is 33.8 Å². The molecule has 3 aliphatic rings. The molecule has 2 radical (unpaired) electrons. The summed E-state index contributed by atoms with van der Waals surface area (Å²) in [6, 6.07) is 7.74. The zero-order valence-electron chi connectivity index (χ0n) is 35.9. The molecule has 310 valence electrons. The summed E-state index contributed by atoms with van der Waals surface area (Å²) in [7, 11) is 0. The number of pyridine rings is 2. The third-order valence-corrected chi connectivity index (χ3v) is 11.0. The van der Waals surface area contributed by atoms with E-state index >= 15 is 0 Å². The van der Waals surface area contributed by atoms with Gasteiger partial charge < -0.3 is 39.5 Å². The number of thioether (sulfide) groups is 1. The quantitative estimate of drug-likeness (QED) is 0.151. The van der Waals surface area contributed by atoms with Crippen molar-refractivity contribution in [1.29, 1.82) is 0 Å². The van der Waals surface area contributed by atoms with Gasteiger partial charge in [-0.05, 0) is 105 Å². The number of aryl methyl sites for hydroxylation is 1. The number of nitrogens with one attached hydrogen (secondary N) is 3. The van der Waals surface area contributed by atoms with Gasteiger partial charge in [0.05, 0.1) is 12.2 Å². The highest BCUT2D eigenvalue weighted by molar-refractivity contribution is 7.98. The Labute approximate surface area is 351 Å². The molecule has 6 rings (SSSR count). The SMILES string of the molecule is CC.CSc1cc(C)[nH]c(=O)c1CNC(=O)c1cc(-c2ccc(N3CC(C)OC(C)C3)nc2)c2c(c1C)OC(C)(C1CCC(NC(=O)OC(C)(C)C)CC1)O2.[CH3][Al]. The van der Waals surface area contributed by atoms with Crippen LogP contribution < -0.4 is 30.6 Å². The van der Waals surface area contributed by atoms with Gasteiger partial charge in [-0.2, -0.15) is 0 Å². The number of fused-ring (bicyclic) bond motifs is 1. The number of carbonyl (C=O) groups is 2. The van der Waals surface area contributed by atoms with E-state index in [1.54, 1.807) is 0 Å². The summed E-state index contributed by atoms with van der Waals surface area (Å²) in [6.45, 7) is 20.9. The molecule has 4 heterocycles. The van der Waals surface area contributed by atoms with Gasteiger partial charge in [0.2, 0.25) is 0 Å². The molecular formula is C43H62AlN5O7S. The molecule has 2 aromatic heterocycles. The van der Waals surface area contributed by atoms with E-state index in [1.807, 2.05) is 97.9 Å². The fourth-order valence-corrected chi connectivity index (χ4v) is 8.34. The second kappa shape index (κ2) is 19.8. The number of nitrogens with zero attached hydrogens (tertiary/aromatic N) is 2. The molecule has 3 N–H and O–H groups in total. The van der Waals surface area contributed by atoms with Gasteiger partial charge in [0, 0.05) is 83.1 Å². The zero-order chi connectivity index (χ0) is 42.2. The number of hydrogen-bond donors (Lipinski definition) is 3. The van der Waals surface area contributed by atoms with Crippen LogP contribution in [0.15, 0.2) is 40.2 Å². The Morgan fingerprint density at radius 3 is 2.25 bits per heavy atom. The van der Waals surface area contributed by atoms with Gasteiger partial charge in [-0.15, -0.1) is 17.5 Å². The second-order valence-corrected chi connectivity index (χ2v) is 16.6. The van der Waals surface area contributed by atoms with Gasteiger partial charge in [-0.25, -0.2) is 9.78 Å². The molecule has 1 saturated heterocycles. The van der Waals surface area contributed by atoms with Crippen LogP contribution in [0, 0.1) is 19.8 Å². The van der Waals surface area contributed by atoms with Crippen LogP contribution in [-0.2, 0) is 16.0 Å². The Balaban J connectivity index is 0.00000174. The third kappa shape index (κ3) is 11.3. The topological polar surface area (TPSA) is 144 Å². The van der Waals surface area contributed by atoms with Crippen LogP contribution in [0.1, 0.15) is 108 Å². The summed E-state index contributed by atoms with van der Waals surface area (Å²) in [6.07, 6.45) is 6.54. The van der Waals surface area contributed by atoms with E-state index in [0.717, 1.165) is 60.7 Å². The number of rotatable bonds is 8. The molecule has 14 heteroatoms. The van der Waals surface area contributed by atoms with Crippen LogP contribution in [0.25, 0.3) is 11.1 Å². The van der Waals surface area contributed by atoms with Gasteiger partial charge in [-0.3, -0.25) is 9.59 Å². The highest BCUT2D eigenvalue weighted by Gasteiger charge is 2.48. The molecule has 12 nitrogen and oxygen atoms in total. The number of ether oxygens (including phenoxy) is 4. The number of carbonyl (C=O) groups excluding carboxylic acids is 2. The first-order valence-corrected chi connectivity index (χ1v) is 22.5. The van der Waals surface area contributed by atoms with Crippen molar-refractivity contribution in [2.24, 2.45) is 5.92 Å². The lowest BCUT2D eigenvalue weighted by atomic mass is 9.81. The summed E-state index contributed by atoms with van der Waals surface area (Å²) in [4.78, 5) is 50.0. The van der Waals surface area contributed by atoms with Crippen LogP contribution in [0.2, 0.25) is 5.79 Å². The normalized spacial score (nSPS) is 22.6. The first-order chi connectivity index (χ1) is 27.0. The Hall–Kier alpha value is -3.70. The van der Waals surface area contributed by atoms with Crippen LogP contribution in [0.3, 0.4) is 0 Å². The average Bonchev–Trinajstić information content (AvgIpc) is 3.54. The van der Waals surface area contributed by atoms with Gasteiger partial charge in [0.15, 0.2) is 11.5 Å². The van der Waals surface area contributed by atoms with Gasteiger partial charge in [0.25, 0.3) is 17.3 Å². The molecule has 2 aliphatic heterocycles. The van der Waals surface area contributed by atoms with E-state index in [1.165, 1.54) is 11.8 Å². The fourth-order valence-electron chi connectivity index (χ4n) is 7.63. The Kier molecular flexibility index (Phi) is 16.0. The van der Waals surface area contributed by atoms with E-state index in [4.69, 9.17) is 23.9 Å². The number of H-pyrrole nitrogens is 1. The zero-order valence-corrected chi connectivity index (χ0v) is 37.9. The largest absolute Gasteiger partial charge is 0.448 e. The maximum atomic E-state index is 14.0. The number of hydrogen-bond acceptors (Lipinski definition) is 10. The lowest BCUT2D eigenvalue weighted by Crippen LogP contribution is -2.48. The maximum Gasteiger partial charge on any atom is 0.407 e. The van der Waals surface area contributed by atoms with Crippen LogP contribution in [0.4, 0.5) is 10.6 Å². The monoisotopic (exact) mass is 819 g/mol. The standard InChI is InChI=1S/C40H53N5O7S.C2H6.CH3.Al/c1-22-16-32(53-9)31(37(47)43-22)19-42-36(46)29-17-30(26-10-15-33(41-18-26)45-20-23(2)49-24(3)21-45)35-34(25(29)4)50-40(8,51-35)27-11-13-28(14-12-27)44-38(48)52-39(5,6)7;1-2;;/h10,15-18,23-24,27-28H,11-14,19-21H2,1-9H3,(H,42,46)(H,43,47)(H,44,48);1-2H3;1H3;. The predicted octanol–water partition coefficient (Wildman–Crippen LogP) is 8.12. The molecule has 1 saturated carbocycles. The van der Waals surface area contributed by atoms with E-state index in [9.17, 15) is 14.4 Å². The van der Waals surface area contributed by atoms with Crippen molar-refractivity contribution >= 4 is 45.9 Å². The lowest BCUT2D eigenvalue weighted by Gasteiger charge is -2.37. The minimum absolute atomic E-state index is 0.00417. The third-order valence-electron chi connectivity index (χ3n) is 10.2. The molecule has 3 atom stereocenters. The van der Waals surface area contributed by atoms with Crippen LogP contribution in [-0.4, -0.2) is 87.2 Å². The number of morpholine rings is 1. The molecule has 1 aromatic carbocycles. The smallest absolute Gasteiger partial charge is 0.407 e. The summed E-state index contributed by atoms with van der Waals surface area (Å²) in [5.74, 6) is 2.55. The summed E-state index contributed by atoms with van der Waals surface area (Å²) < 4.78 is 25.0.